The SMILES string of the molecule is Cc1nc2c(cnn2CC2CCCCC2)cc1C(=O)O. The lowest BCUT2D eigenvalue weighted by atomic mass is 9.89. The number of hydrogen-bond acceptors (Lipinski definition) is 3. The molecule has 0 bridgehead atoms. The van der Waals surface area contributed by atoms with Gasteiger partial charge >= 0.3 is 5.97 Å². The molecule has 3 rings (SSSR count). The van der Waals surface area contributed by atoms with Crippen LogP contribution in [-0.2, 0) is 6.54 Å². The molecular formula is C15H19N3O2. The van der Waals surface area contributed by atoms with Gasteiger partial charge in [-0.05, 0) is 31.7 Å². The third-order valence-electron chi connectivity index (χ3n) is 4.19. The molecule has 106 valence electrons. The predicted molar refractivity (Wildman–Crippen MR) is 75.8 cm³/mol. The molecule has 1 N–H and O–H groups in total. The molecule has 1 aliphatic carbocycles. The molecule has 5 nitrogen and oxygen atoms in total. The van der Waals surface area contributed by atoms with Gasteiger partial charge in [0, 0.05) is 11.9 Å². The number of aromatic carboxylic acids is 1. The molecule has 0 amide bonds. The number of carboxylic acid groups (broad SMARTS) is 1. The quantitative estimate of drug-likeness (QED) is 0.933. The van der Waals surface area contributed by atoms with Gasteiger partial charge < -0.3 is 5.11 Å². The largest absolute Gasteiger partial charge is 0.478 e. The lowest BCUT2D eigenvalue weighted by Gasteiger charge is -2.21. The Hall–Kier alpha value is -1.91. The minimum absolute atomic E-state index is 0.259. The Balaban J connectivity index is 1.92. The van der Waals surface area contributed by atoms with Crippen molar-refractivity contribution in [2.45, 2.75) is 45.6 Å². The molecule has 0 radical (unpaired) electrons. The van der Waals surface area contributed by atoms with Crippen molar-refractivity contribution in [3.63, 3.8) is 0 Å². The Labute approximate surface area is 117 Å². The summed E-state index contributed by atoms with van der Waals surface area (Å²) in [5.41, 5.74) is 1.61. The van der Waals surface area contributed by atoms with E-state index in [4.69, 9.17) is 5.11 Å². The van der Waals surface area contributed by atoms with Crippen molar-refractivity contribution in [1.82, 2.24) is 14.8 Å². The van der Waals surface area contributed by atoms with Crippen molar-refractivity contribution >= 4 is 17.0 Å². The number of pyridine rings is 1. The van der Waals surface area contributed by atoms with Crippen LogP contribution < -0.4 is 0 Å². The van der Waals surface area contributed by atoms with E-state index in [9.17, 15) is 4.79 Å². The number of aryl methyl sites for hydroxylation is 1. The highest BCUT2D eigenvalue weighted by Crippen LogP contribution is 2.26. The maximum atomic E-state index is 11.1. The number of carbonyl (C=O) groups is 1. The summed E-state index contributed by atoms with van der Waals surface area (Å²) >= 11 is 0. The highest BCUT2D eigenvalue weighted by molar-refractivity contribution is 5.93. The monoisotopic (exact) mass is 273 g/mol. The summed E-state index contributed by atoms with van der Waals surface area (Å²) in [6.07, 6.45) is 8.19. The molecule has 0 spiro atoms. The zero-order chi connectivity index (χ0) is 14.1. The smallest absolute Gasteiger partial charge is 0.337 e. The van der Waals surface area contributed by atoms with Crippen LogP contribution in [0.15, 0.2) is 12.3 Å². The third-order valence-corrected chi connectivity index (χ3v) is 4.19. The highest BCUT2D eigenvalue weighted by Gasteiger charge is 2.17. The summed E-state index contributed by atoms with van der Waals surface area (Å²) in [6.45, 7) is 2.63. The van der Waals surface area contributed by atoms with Crippen LogP contribution in [0, 0.1) is 12.8 Å². The van der Waals surface area contributed by atoms with Gasteiger partial charge in [0.2, 0.25) is 0 Å². The maximum Gasteiger partial charge on any atom is 0.337 e. The maximum absolute atomic E-state index is 11.1. The van der Waals surface area contributed by atoms with Crippen LogP contribution in [0.1, 0.15) is 48.2 Å². The van der Waals surface area contributed by atoms with Gasteiger partial charge in [-0.3, -0.25) is 0 Å². The van der Waals surface area contributed by atoms with E-state index < -0.39 is 5.97 Å². The second-order valence-electron chi connectivity index (χ2n) is 5.67. The van der Waals surface area contributed by atoms with E-state index >= 15 is 0 Å². The van der Waals surface area contributed by atoms with E-state index in [0.717, 1.165) is 17.6 Å². The Bertz CT molecular complexity index is 642. The van der Waals surface area contributed by atoms with Crippen LogP contribution in [0.4, 0.5) is 0 Å². The number of carboxylic acids is 1. The lowest BCUT2D eigenvalue weighted by Crippen LogP contribution is -2.15. The summed E-state index contributed by atoms with van der Waals surface area (Å²) in [7, 11) is 0. The summed E-state index contributed by atoms with van der Waals surface area (Å²) in [4.78, 5) is 15.6. The van der Waals surface area contributed by atoms with E-state index in [1.165, 1.54) is 32.1 Å². The zero-order valence-electron chi connectivity index (χ0n) is 11.7. The summed E-state index contributed by atoms with van der Waals surface area (Å²) in [6, 6.07) is 1.67. The normalized spacial score (nSPS) is 16.6. The second kappa shape index (κ2) is 5.23. The van der Waals surface area contributed by atoms with E-state index in [2.05, 4.69) is 10.1 Å². The van der Waals surface area contributed by atoms with Gasteiger partial charge in [0.1, 0.15) is 0 Å². The number of rotatable bonds is 3. The molecule has 20 heavy (non-hydrogen) atoms. The Morgan fingerprint density at radius 2 is 2.15 bits per heavy atom. The van der Waals surface area contributed by atoms with Crippen LogP contribution in [-0.4, -0.2) is 25.8 Å². The number of fused-ring (bicyclic) bond motifs is 1. The van der Waals surface area contributed by atoms with Crippen LogP contribution >= 0.6 is 0 Å². The van der Waals surface area contributed by atoms with Gasteiger partial charge in [0.05, 0.1) is 17.5 Å². The highest BCUT2D eigenvalue weighted by atomic mass is 16.4. The molecule has 0 unspecified atom stereocenters. The minimum Gasteiger partial charge on any atom is -0.478 e. The third kappa shape index (κ3) is 2.40. The molecule has 1 aliphatic rings. The van der Waals surface area contributed by atoms with Crippen molar-refractivity contribution in [2.75, 3.05) is 0 Å². The topological polar surface area (TPSA) is 68.0 Å². The molecule has 0 saturated heterocycles. The van der Waals surface area contributed by atoms with Gasteiger partial charge in [-0.2, -0.15) is 5.10 Å². The molecule has 0 atom stereocenters. The van der Waals surface area contributed by atoms with Gasteiger partial charge in [0.15, 0.2) is 5.65 Å². The fraction of sp³-hybridized carbons (Fsp3) is 0.533. The number of hydrogen-bond donors (Lipinski definition) is 1. The number of aromatic nitrogens is 3. The van der Waals surface area contributed by atoms with E-state index in [0.29, 0.717) is 11.6 Å². The molecular weight excluding hydrogens is 254 g/mol. The van der Waals surface area contributed by atoms with Crippen molar-refractivity contribution in [1.29, 1.82) is 0 Å². The molecule has 1 fully saturated rings. The minimum atomic E-state index is -0.933. The van der Waals surface area contributed by atoms with Crippen LogP contribution in [0.2, 0.25) is 0 Å². The Morgan fingerprint density at radius 1 is 1.40 bits per heavy atom. The first kappa shape index (κ1) is 13.1. The van der Waals surface area contributed by atoms with Gasteiger partial charge in [-0.25, -0.2) is 14.5 Å². The molecule has 2 aromatic heterocycles. The van der Waals surface area contributed by atoms with Crippen molar-refractivity contribution < 1.29 is 9.90 Å². The first-order valence-corrected chi connectivity index (χ1v) is 7.21. The van der Waals surface area contributed by atoms with Crippen LogP contribution in [0.5, 0.6) is 0 Å². The lowest BCUT2D eigenvalue weighted by molar-refractivity contribution is 0.0696. The molecule has 1 saturated carbocycles. The zero-order valence-corrected chi connectivity index (χ0v) is 11.7. The molecule has 2 heterocycles. The second-order valence-corrected chi connectivity index (χ2v) is 5.67. The standard InChI is InChI=1S/C15H19N3O2/c1-10-13(15(19)20)7-12-8-16-18(14(12)17-10)9-11-5-3-2-4-6-11/h7-8,11H,2-6,9H2,1H3,(H,19,20). The van der Waals surface area contributed by atoms with Gasteiger partial charge in [0.25, 0.3) is 0 Å². The summed E-state index contributed by atoms with van der Waals surface area (Å²) < 4.78 is 1.93. The van der Waals surface area contributed by atoms with Crippen LogP contribution in [0.25, 0.3) is 11.0 Å². The van der Waals surface area contributed by atoms with E-state index in [-0.39, 0.29) is 5.56 Å². The summed E-state index contributed by atoms with van der Waals surface area (Å²) in [5.74, 6) is -0.259. The van der Waals surface area contributed by atoms with Crippen molar-refractivity contribution in [2.24, 2.45) is 5.92 Å². The fourth-order valence-corrected chi connectivity index (χ4v) is 3.06. The predicted octanol–water partition coefficient (Wildman–Crippen LogP) is 3.02. The van der Waals surface area contributed by atoms with E-state index in [1.807, 2.05) is 4.68 Å². The molecule has 0 aliphatic heterocycles. The fourth-order valence-electron chi connectivity index (χ4n) is 3.06. The Morgan fingerprint density at radius 3 is 2.85 bits per heavy atom. The molecule has 5 heteroatoms. The van der Waals surface area contributed by atoms with Crippen LogP contribution in [0.3, 0.4) is 0 Å². The molecule has 0 aromatic carbocycles. The summed E-state index contributed by atoms with van der Waals surface area (Å²) in [5, 5.41) is 14.3. The first-order chi connectivity index (χ1) is 9.65. The number of nitrogens with zero attached hydrogens (tertiary/aromatic N) is 3. The van der Waals surface area contributed by atoms with Gasteiger partial charge in [-0.15, -0.1) is 0 Å². The van der Waals surface area contributed by atoms with Crippen molar-refractivity contribution in [3.05, 3.63) is 23.5 Å². The molecule has 2 aromatic rings. The average Bonchev–Trinajstić information content (AvgIpc) is 2.81. The van der Waals surface area contributed by atoms with Gasteiger partial charge in [-0.1, -0.05) is 19.3 Å². The van der Waals surface area contributed by atoms with E-state index in [1.54, 1.807) is 19.2 Å². The average molecular weight is 273 g/mol. The first-order valence-electron chi connectivity index (χ1n) is 7.21. The Kier molecular flexibility index (Phi) is 3.42. The van der Waals surface area contributed by atoms with Crippen molar-refractivity contribution in [3.8, 4) is 0 Å².